The van der Waals surface area contributed by atoms with Crippen LogP contribution in [0.15, 0.2) is 70.0 Å². The van der Waals surface area contributed by atoms with Crippen molar-refractivity contribution in [2.45, 2.75) is 17.9 Å². The van der Waals surface area contributed by atoms with Gasteiger partial charge in [0.05, 0.1) is 5.69 Å². The molecule has 0 atom stereocenters. The molecule has 4 rings (SSSR count). The van der Waals surface area contributed by atoms with Crippen LogP contribution in [0.3, 0.4) is 0 Å². The molecule has 0 spiro atoms. The molecule has 138 valence electrons. The number of hydrogen-bond acceptors (Lipinski definition) is 4. The topological polar surface area (TPSA) is 42.7 Å². The molecule has 0 radical (unpaired) electrons. The maximum atomic E-state index is 13.0. The lowest BCUT2D eigenvalue weighted by Gasteiger charge is -2.21. The summed E-state index contributed by atoms with van der Waals surface area (Å²) in [6, 6.07) is 17.1. The van der Waals surface area contributed by atoms with Gasteiger partial charge in [-0.2, -0.15) is 0 Å². The van der Waals surface area contributed by atoms with E-state index in [1.807, 2.05) is 24.3 Å². The molecule has 0 N–H and O–H groups in total. The quantitative estimate of drug-likeness (QED) is 0.626. The third-order valence-corrected chi connectivity index (χ3v) is 5.40. The molecule has 0 bridgehead atoms. The monoisotopic (exact) mass is 383 g/mol. The third kappa shape index (κ3) is 4.01. The van der Waals surface area contributed by atoms with Crippen LogP contribution in [0.5, 0.6) is 5.75 Å². The summed E-state index contributed by atoms with van der Waals surface area (Å²) in [7, 11) is 0. The van der Waals surface area contributed by atoms with Gasteiger partial charge in [-0.15, -0.1) is 11.8 Å². The zero-order valence-electron chi connectivity index (χ0n) is 14.6. The standard InChI is InChI=1S/C21H18FNO3S/c22-15-6-8-16(9-7-15)25-14-17-10-11-19(26-17)21(24)23-12-3-13-27-20-5-2-1-4-18(20)23/h1-2,4-11H,3,12-14H2. The minimum atomic E-state index is -0.316. The van der Waals surface area contributed by atoms with E-state index in [0.717, 1.165) is 22.8 Å². The van der Waals surface area contributed by atoms with Crippen LogP contribution in [0.25, 0.3) is 0 Å². The van der Waals surface area contributed by atoms with Crippen molar-refractivity contribution >= 4 is 23.4 Å². The summed E-state index contributed by atoms with van der Waals surface area (Å²) in [6.45, 7) is 0.830. The lowest BCUT2D eigenvalue weighted by Crippen LogP contribution is -2.31. The molecule has 4 nitrogen and oxygen atoms in total. The number of rotatable bonds is 4. The molecule has 1 amide bonds. The van der Waals surface area contributed by atoms with Gasteiger partial charge < -0.3 is 14.1 Å². The summed E-state index contributed by atoms with van der Waals surface area (Å²) in [5, 5.41) is 0. The molecule has 6 heteroatoms. The fraction of sp³-hybridized carbons (Fsp3) is 0.190. The fourth-order valence-corrected chi connectivity index (χ4v) is 3.92. The maximum Gasteiger partial charge on any atom is 0.294 e. The first-order valence-electron chi connectivity index (χ1n) is 8.71. The van der Waals surface area contributed by atoms with E-state index in [1.165, 1.54) is 12.1 Å². The van der Waals surface area contributed by atoms with Crippen LogP contribution in [-0.2, 0) is 6.61 Å². The van der Waals surface area contributed by atoms with Gasteiger partial charge >= 0.3 is 0 Å². The number of carbonyl (C=O) groups is 1. The summed E-state index contributed by atoms with van der Waals surface area (Å²) < 4.78 is 24.2. The summed E-state index contributed by atoms with van der Waals surface area (Å²) in [5.41, 5.74) is 0.922. The highest BCUT2D eigenvalue weighted by Crippen LogP contribution is 2.34. The van der Waals surface area contributed by atoms with Crippen molar-refractivity contribution in [3.63, 3.8) is 0 Å². The molecule has 0 aliphatic carbocycles. The molecule has 2 aromatic carbocycles. The van der Waals surface area contributed by atoms with Crippen molar-refractivity contribution in [3.8, 4) is 5.75 Å². The Morgan fingerprint density at radius 3 is 2.78 bits per heavy atom. The van der Waals surface area contributed by atoms with Crippen LogP contribution >= 0.6 is 11.8 Å². The Bertz CT molecular complexity index is 939. The largest absolute Gasteiger partial charge is 0.486 e. The second-order valence-corrected chi connectivity index (χ2v) is 7.27. The van der Waals surface area contributed by atoms with E-state index in [0.29, 0.717) is 18.1 Å². The molecule has 1 aliphatic rings. The highest BCUT2D eigenvalue weighted by atomic mass is 32.2. The number of furan rings is 1. The van der Waals surface area contributed by atoms with Crippen molar-refractivity contribution in [2.75, 3.05) is 17.2 Å². The molecule has 0 fully saturated rings. The summed E-state index contributed by atoms with van der Waals surface area (Å²) in [5.74, 6) is 1.88. The van der Waals surface area contributed by atoms with Crippen LogP contribution in [0.4, 0.5) is 10.1 Å². The van der Waals surface area contributed by atoms with Crippen molar-refractivity contribution < 1.29 is 18.3 Å². The predicted octanol–water partition coefficient (Wildman–Crippen LogP) is 5.14. The molecule has 0 saturated carbocycles. The lowest BCUT2D eigenvalue weighted by molar-refractivity contribution is 0.0956. The Balaban J connectivity index is 1.48. The highest BCUT2D eigenvalue weighted by Gasteiger charge is 2.24. The van der Waals surface area contributed by atoms with Crippen LogP contribution in [0.1, 0.15) is 22.7 Å². The minimum absolute atomic E-state index is 0.155. The van der Waals surface area contributed by atoms with Crippen molar-refractivity contribution in [3.05, 3.63) is 78.0 Å². The Labute approximate surface area is 160 Å². The first-order valence-corrected chi connectivity index (χ1v) is 9.70. The van der Waals surface area contributed by atoms with Crippen LogP contribution < -0.4 is 9.64 Å². The van der Waals surface area contributed by atoms with Crippen molar-refractivity contribution in [2.24, 2.45) is 0 Å². The second kappa shape index (κ2) is 7.88. The van der Waals surface area contributed by atoms with E-state index < -0.39 is 0 Å². The Hall–Kier alpha value is -2.73. The lowest BCUT2D eigenvalue weighted by atomic mass is 10.2. The second-order valence-electron chi connectivity index (χ2n) is 6.14. The first kappa shape index (κ1) is 17.7. The Morgan fingerprint density at radius 1 is 1.11 bits per heavy atom. The van der Waals surface area contributed by atoms with E-state index in [-0.39, 0.29) is 24.1 Å². The Kier molecular flexibility index (Phi) is 5.16. The highest BCUT2D eigenvalue weighted by molar-refractivity contribution is 7.99. The number of fused-ring (bicyclic) bond motifs is 1. The van der Waals surface area contributed by atoms with Crippen molar-refractivity contribution in [1.82, 2.24) is 0 Å². The van der Waals surface area contributed by atoms with Gasteiger partial charge in [0, 0.05) is 11.4 Å². The van der Waals surface area contributed by atoms with Crippen molar-refractivity contribution in [1.29, 1.82) is 0 Å². The average Bonchev–Trinajstić information content (AvgIpc) is 3.06. The van der Waals surface area contributed by atoms with Gasteiger partial charge in [-0.3, -0.25) is 4.79 Å². The number of amides is 1. The molecule has 1 aromatic heterocycles. The molecule has 0 saturated heterocycles. The van der Waals surface area contributed by atoms with E-state index >= 15 is 0 Å². The van der Waals surface area contributed by atoms with E-state index in [4.69, 9.17) is 9.15 Å². The number of carbonyl (C=O) groups excluding carboxylic acids is 1. The molecule has 0 unspecified atom stereocenters. The number of benzene rings is 2. The van der Waals surface area contributed by atoms with Crippen LogP contribution in [0.2, 0.25) is 0 Å². The van der Waals surface area contributed by atoms with Gasteiger partial charge in [0.15, 0.2) is 5.76 Å². The summed E-state index contributed by atoms with van der Waals surface area (Å²) in [6.07, 6.45) is 0.923. The number of halogens is 1. The number of hydrogen-bond donors (Lipinski definition) is 0. The minimum Gasteiger partial charge on any atom is -0.486 e. The Morgan fingerprint density at radius 2 is 1.93 bits per heavy atom. The van der Waals surface area contributed by atoms with Gasteiger partial charge in [0.1, 0.15) is 23.9 Å². The maximum absolute atomic E-state index is 13.0. The fourth-order valence-electron chi connectivity index (χ4n) is 2.93. The predicted molar refractivity (Wildman–Crippen MR) is 103 cm³/mol. The number of anilines is 1. The number of thioether (sulfide) groups is 1. The SMILES string of the molecule is O=C(c1ccc(COc2ccc(F)cc2)o1)N1CCCSc2ccccc21. The average molecular weight is 383 g/mol. The van der Waals surface area contributed by atoms with E-state index in [1.54, 1.807) is 40.9 Å². The zero-order valence-corrected chi connectivity index (χ0v) is 15.4. The van der Waals surface area contributed by atoms with Gasteiger partial charge in [0.25, 0.3) is 5.91 Å². The van der Waals surface area contributed by atoms with Gasteiger partial charge in [-0.1, -0.05) is 12.1 Å². The third-order valence-electron chi connectivity index (χ3n) is 4.25. The van der Waals surface area contributed by atoms with E-state index in [9.17, 15) is 9.18 Å². The van der Waals surface area contributed by atoms with Crippen LogP contribution in [0, 0.1) is 5.82 Å². The number of ether oxygens (including phenoxy) is 1. The van der Waals surface area contributed by atoms with E-state index in [2.05, 4.69) is 0 Å². The number of nitrogens with zero attached hydrogens (tertiary/aromatic N) is 1. The van der Waals surface area contributed by atoms with Crippen LogP contribution in [-0.4, -0.2) is 18.2 Å². The normalized spacial score (nSPS) is 13.7. The molecule has 2 heterocycles. The molecule has 27 heavy (non-hydrogen) atoms. The molecule has 1 aliphatic heterocycles. The summed E-state index contributed by atoms with van der Waals surface area (Å²) >= 11 is 1.77. The molecular weight excluding hydrogens is 365 g/mol. The van der Waals surface area contributed by atoms with Gasteiger partial charge in [-0.25, -0.2) is 4.39 Å². The summed E-state index contributed by atoms with van der Waals surface area (Å²) in [4.78, 5) is 15.9. The zero-order chi connectivity index (χ0) is 18.6. The smallest absolute Gasteiger partial charge is 0.294 e. The molecular formula is C21H18FNO3S. The van der Waals surface area contributed by atoms with Gasteiger partial charge in [0.2, 0.25) is 0 Å². The van der Waals surface area contributed by atoms with Gasteiger partial charge in [-0.05, 0) is 60.7 Å². The number of para-hydroxylation sites is 1. The molecule has 3 aromatic rings. The first-order chi connectivity index (χ1) is 13.2.